The number of benzene rings is 1. The summed E-state index contributed by atoms with van der Waals surface area (Å²) < 4.78 is 4.71. The van der Waals surface area contributed by atoms with Gasteiger partial charge in [0.1, 0.15) is 4.88 Å². The summed E-state index contributed by atoms with van der Waals surface area (Å²) >= 11 is 1.14. The second-order valence-electron chi connectivity index (χ2n) is 3.59. The Labute approximate surface area is 103 Å². The number of nitrogens with zero attached hydrogens (tertiary/aromatic N) is 1. The summed E-state index contributed by atoms with van der Waals surface area (Å²) in [6.45, 7) is 2.00. The van der Waals surface area contributed by atoms with E-state index in [1.54, 1.807) is 0 Å². The molecule has 1 aromatic carbocycles. The van der Waals surface area contributed by atoms with Gasteiger partial charge in [-0.2, -0.15) is 0 Å². The van der Waals surface area contributed by atoms with E-state index in [1.165, 1.54) is 7.11 Å². The Morgan fingerprint density at radius 1 is 1.35 bits per heavy atom. The number of esters is 1. The third-order valence-corrected chi connectivity index (χ3v) is 3.20. The first-order chi connectivity index (χ1) is 8.11. The minimum Gasteiger partial charge on any atom is -0.465 e. The number of hydrogen-bond donors (Lipinski definition) is 1. The fourth-order valence-corrected chi connectivity index (χ4v) is 2.25. The number of ether oxygens (including phenoxy) is 1. The number of anilines is 1. The Kier molecular flexibility index (Phi) is 3.10. The van der Waals surface area contributed by atoms with Crippen molar-refractivity contribution >= 4 is 22.4 Å². The van der Waals surface area contributed by atoms with Gasteiger partial charge in [0.05, 0.1) is 12.8 Å². The summed E-state index contributed by atoms with van der Waals surface area (Å²) in [6.07, 6.45) is 0. The highest BCUT2D eigenvalue weighted by atomic mass is 32.1. The number of nitrogens with two attached hydrogens (primary N) is 1. The molecule has 0 saturated carbocycles. The van der Waals surface area contributed by atoms with E-state index in [0.29, 0.717) is 15.7 Å². The van der Waals surface area contributed by atoms with Gasteiger partial charge in [-0.15, -0.1) is 0 Å². The maximum absolute atomic E-state index is 11.6. The number of methoxy groups -OCH3 is 1. The van der Waals surface area contributed by atoms with E-state index < -0.39 is 5.97 Å². The van der Waals surface area contributed by atoms with Crippen molar-refractivity contribution in [1.29, 1.82) is 0 Å². The summed E-state index contributed by atoms with van der Waals surface area (Å²) in [4.78, 5) is 16.2. The predicted octanol–water partition coefficient (Wildman–Crippen LogP) is 2.49. The number of aryl methyl sites for hydroxylation is 1. The lowest BCUT2D eigenvalue weighted by Crippen LogP contribution is -2.00. The van der Waals surface area contributed by atoms with Crippen LogP contribution in [-0.2, 0) is 4.74 Å². The zero-order valence-corrected chi connectivity index (χ0v) is 10.4. The van der Waals surface area contributed by atoms with Gasteiger partial charge in [-0.25, -0.2) is 9.78 Å². The second-order valence-corrected chi connectivity index (χ2v) is 4.62. The van der Waals surface area contributed by atoms with Gasteiger partial charge in [-0.05, 0) is 6.92 Å². The van der Waals surface area contributed by atoms with Gasteiger partial charge in [-0.3, -0.25) is 0 Å². The van der Waals surface area contributed by atoms with E-state index in [-0.39, 0.29) is 0 Å². The molecule has 2 N–H and O–H groups in total. The monoisotopic (exact) mass is 248 g/mol. The Hall–Kier alpha value is -1.88. The van der Waals surface area contributed by atoms with Crippen LogP contribution >= 0.6 is 11.3 Å². The zero-order chi connectivity index (χ0) is 12.4. The molecule has 0 saturated heterocycles. The van der Waals surface area contributed by atoms with Crippen molar-refractivity contribution in [2.24, 2.45) is 0 Å². The van der Waals surface area contributed by atoms with E-state index in [0.717, 1.165) is 22.5 Å². The van der Waals surface area contributed by atoms with Crippen molar-refractivity contribution in [2.75, 3.05) is 12.8 Å². The molecule has 0 unspecified atom stereocenters. The van der Waals surface area contributed by atoms with Gasteiger partial charge in [0.2, 0.25) is 0 Å². The van der Waals surface area contributed by atoms with Crippen LogP contribution < -0.4 is 5.73 Å². The van der Waals surface area contributed by atoms with E-state index in [1.807, 2.05) is 31.2 Å². The number of rotatable bonds is 2. The van der Waals surface area contributed by atoms with Gasteiger partial charge in [0, 0.05) is 5.56 Å². The fraction of sp³-hybridized carbons (Fsp3) is 0.167. The molecule has 1 heterocycles. The molecular weight excluding hydrogens is 236 g/mol. The normalized spacial score (nSPS) is 10.2. The topological polar surface area (TPSA) is 65.2 Å². The van der Waals surface area contributed by atoms with Crippen molar-refractivity contribution in [1.82, 2.24) is 4.98 Å². The molecule has 2 rings (SSSR count). The molecule has 4 nitrogen and oxygen atoms in total. The standard InChI is InChI=1S/C12H12N2O2S/c1-7-3-5-8(6-4-7)9-10(11(15)16-2)17-12(13)14-9/h3-6H,1-2H3,(H2,13,14). The Bertz CT molecular complexity index is 546. The van der Waals surface area contributed by atoms with Crippen LogP contribution in [0.4, 0.5) is 5.13 Å². The maximum atomic E-state index is 11.6. The minimum atomic E-state index is -0.408. The largest absolute Gasteiger partial charge is 0.465 e. The second kappa shape index (κ2) is 4.55. The van der Waals surface area contributed by atoms with Crippen molar-refractivity contribution in [2.45, 2.75) is 6.92 Å². The first kappa shape index (κ1) is 11.6. The van der Waals surface area contributed by atoms with Crippen LogP contribution in [0.5, 0.6) is 0 Å². The molecule has 0 aliphatic rings. The lowest BCUT2D eigenvalue weighted by Gasteiger charge is -2.01. The van der Waals surface area contributed by atoms with E-state index in [4.69, 9.17) is 10.5 Å². The molecule has 0 aliphatic carbocycles. The Morgan fingerprint density at radius 3 is 2.59 bits per heavy atom. The molecule has 2 aromatic rings. The molecule has 0 bridgehead atoms. The number of aromatic nitrogens is 1. The Morgan fingerprint density at radius 2 is 2.00 bits per heavy atom. The third-order valence-electron chi connectivity index (χ3n) is 2.34. The first-order valence-electron chi connectivity index (χ1n) is 5.03. The summed E-state index contributed by atoms with van der Waals surface area (Å²) in [5.41, 5.74) is 8.24. The number of thiazole rings is 1. The van der Waals surface area contributed by atoms with Crippen molar-refractivity contribution < 1.29 is 9.53 Å². The third kappa shape index (κ3) is 2.29. The predicted molar refractivity (Wildman–Crippen MR) is 68.0 cm³/mol. The molecule has 0 aliphatic heterocycles. The first-order valence-corrected chi connectivity index (χ1v) is 5.85. The summed E-state index contributed by atoms with van der Waals surface area (Å²) in [7, 11) is 1.34. The molecule has 0 atom stereocenters. The SMILES string of the molecule is COC(=O)c1sc(N)nc1-c1ccc(C)cc1. The quantitative estimate of drug-likeness (QED) is 0.829. The van der Waals surface area contributed by atoms with Crippen LogP contribution in [0.2, 0.25) is 0 Å². The molecule has 0 amide bonds. The van der Waals surface area contributed by atoms with Gasteiger partial charge >= 0.3 is 5.97 Å². The van der Waals surface area contributed by atoms with Crippen LogP contribution in [0.25, 0.3) is 11.3 Å². The minimum absolute atomic E-state index is 0.362. The molecule has 88 valence electrons. The van der Waals surface area contributed by atoms with E-state index in [2.05, 4.69) is 4.98 Å². The molecule has 0 spiro atoms. The zero-order valence-electron chi connectivity index (χ0n) is 9.56. The van der Waals surface area contributed by atoms with Gasteiger partial charge < -0.3 is 10.5 Å². The van der Waals surface area contributed by atoms with Crippen molar-refractivity contribution in [3.05, 3.63) is 34.7 Å². The van der Waals surface area contributed by atoms with E-state index in [9.17, 15) is 4.79 Å². The maximum Gasteiger partial charge on any atom is 0.350 e. The lowest BCUT2D eigenvalue weighted by atomic mass is 10.1. The highest BCUT2D eigenvalue weighted by Crippen LogP contribution is 2.30. The molecule has 0 radical (unpaired) electrons. The highest BCUT2D eigenvalue weighted by molar-refractivity contribution is 7.17. The summed E-state index contributed by atoms with van der Waals surface area (Å²) in [5, 5.41) is 0.362. The molecule has 0 fully saturated rings. The molecular formula is C12H12N2O2S. The van der Waals surface area contributed by atoms with Crippen molar-refractivity contribution in [3.8, 4) is 11.3 Å². The van der Waals surface area contributed by atoms with Gasteiger partial charge in [0.25, 0.3) is 0 Å². The van der Waals surface area contributed by atoms with Crippen LogP contribution in [-0.4, -0.2) is 18.1 Å². The van der Waals surface area contributed by atoms with Crippen molar-refractivity contribution in [3.63, 3.8) is 0 Å². The molecule has 1 aromatic heterocycles. The van der Waals surface area contributed by atoms with Gasteiger partial charge in [0.15, 0.2) is 5.13 Å². The highest BCUT2D eigenvalue weighted by Gasteiger charge is 2.18. The van der Waals surface area contributed by atoms with E-state index >= 15 is 0 Å². The molecule has 5 heteroatoms. The van der Waals surface area contributed by atoms with Gasteiger partial charge in [-0.1, -0.05) is 41.2 Å². The summed E-state index contributed by atoms with van der Waals surface area (Å²) in [6, 6.07) is 7.75. The molecule has 17 heavy (non-hydrogen) atoms. The van der Waals surface area contributed by atoms with Crippen LogP contribution in [0, 0.1) is 6.92 Å². The lowest BCUT2D eigenvalue weighted by molar-refractivity contribution is 0.0607. The number of carbonyl (C=O) groups is 1. The average Bonchev–Trinajstić information content (AvgIpc) is 2.71. The number of carbonyl (C=O) groups excluding carboxylic acids is 1. The van der Waals surface area contributed by atoms with Crippen LogP contribution in [0.15, 0.2) is 24.3 Å². The number of hydrogen-bond acceptors (Lipinski definition) is 5. The van der Waals surface area contributed by atoms with Crippen LogP contribution in [0.3, 0.4) is 0 Å². The van der Waals surface area contributed by atoms with Crippen LogP contribution in [0.1, 0.15) is 15.2 Å². The Balaban J connectivity index is 2.51. The fourth-order valence-electron chi connectivity index (χ4n) is 1.47. The summed E-state index contributed by atoms with van der Waals surface area (Å²) in [5.74, 6) is -0.408. The number of nitrogen functional groups attached to an aromatic ring is 1. The smallest absolute Gasteiger partial charge is 0.350 e. The average molecular weight is 248 g/mol.